The lowest BCUT2D eigenvalue weighted by molar-refractivity contribution is 0.0921. The zero-order valence-corrected chi connectivity index (χ0v) is 23.3. The summed E-state index contributed by atoms with van der Waals surface area (Å²) in [5.74, 6) is -0.158. The normalized spacial score (nSPS) is 16.6. The molecule has 1 atom stereocenters. The molecular weight excluding hydrogens is 534 g/mol. The number of hydrogen-bond donors (Lipinski definition) is 0. The number of aromatic nitrogens is 2. The van der Waals surface area contributed by atoms with E-state index in [0.717, 1.165) is 12.8 Å². The fourth-order valence-electron chi connectivity index (χ4n) is 4.42. The summed E-state index contributed by atoms with van der Waals surface area (Å²) in [6.45, 7) is 5.07. The van der Waals surface area contributed by atoms with Gasteiger partial charge in [0.1, 0.15) is 0 Å². The summed E-state index contributed by atoms with van der Waals surface area (Å²) in [5, 5.41) is 0.375. The van der Waals surface area contributed by atoms with Crippen LogP contribution in [0.5, 0.6) is 0 Å². The number of benzene rings is 2. The van der Waals surface area contributed by atoms with Crippen molar-refractivity contribution < 1.29 is 21.6 Å². The molecule has 1 saturated heterocycles. The van der Waals surface area contributed by atoms with Gasteiger partial charge in [0.2, 0.25) is 25.0 Å². The third-order valence-electron chi connectivity index (χ3n) is 6.12. The van der Waals surface area contributed by atoms with Gasteiger partial charge in [-0.05, 0) is 48.6 Å². The van der Waals surface area contributed by atoms with Gasteiger partial charge >= 0.3 is 0 Å². The van der Waals surface area contributed by atoms with Gasteiger partial charge in [0, 0.05) is 24.7 Å². The number of sulfonamides is 1. The predicted octanol–water partition coefficient (Wildman–Crippen LogP) is 4.54. The van der Waals surface area contributed by atoms with E-state index in [9.17, 15) is 16.8 Å². The molecule has 4 rings (SSSR count). The number of sulfone groups is 1. The first-order valence-electron chi connectivity index (χ1n) is 12.2. The van der Waals surface area contributed by atoms with Crippen LogP contribution in [-0.2, 0) is 43.4 Å². The first-order valence-corrected chi connectivity index (χ1v) is 15.7. The van der Waals surface area contributed by atoms with Gasteiger partial charge in [0.05, 0.1) is 35.2 Å². The molecule has 11 heteroatoms. The molecular formula is C26H32ClN3O5S2. The lowest BCUT2D eigenvalue weighted by atomic mass is 10.2. The number of halogens is 1. The minimum atomic E-state index is -3.86. The van der Waals surface area contributed by atoms with Crippen LogP contribution in [-0.4, -0.2) is 49.9 Å². The van der Waals surface area contributed by atoms with Crippen LogP contribution in [0, 0.1) is 5.92 Å². The van der Waals surface area contributed by atoms with Crippen molar-refractivity contribution in [2.24, 2.45) is 5.92 Å². The molecule has 2 heterocycles. The molecule has 1 aromatic heterocycles. The van der Waals surface area contributed by atoms with Crippen LogP contribution in [0.15, 0.2) is 70.8 Å². The van der Waals surface area contributed by atoms with Crippen molar-refractivity contribution in [2.75, 3.05) is 13.2 Å². The van der Waals surface area contributed by atoms with E-state index < -0.39 is 19.9 Å². The maximum atomic E-state index is 13.6. The minimum absolute atomic E-state index is 0.0243. The van der Waals surface area contributed by atoms with Crippen LogP contribution in [0.2, 0.25) is 5.02 Å². The molecule has 1 aliphatic heterocycles. The summed E-state index contributed by atoms with van der Waals surface area (Å²) in [6, 6.07) is 15.0. The van der Waals surface area contributed by atoms with E-state index in [1.54, 1.807) is 59.2 Å². The molecule has 200 valence electrons. The third kappa shape index (κ3) is 6.80. The smallest absolute Gasteiger partial charge is 0.243 e. The highest BCUT2D eigenvalue weighted by Gasteiger charge is 2.32. The molecule has 0 N–H and O–H groups in total. The number of ether oxygens (including phenoxy) is 1. The van der Waals surface area contributed by atoms with Gasteiger partial charge in [0.25, 0.3) is 0 Å². The quantitative estimate of drug-likeness (QED) is 0.338. The summed E-state index contributed by atoms with van der Waals surface area (Å²) in [4.78, 5) is 4.47. The molecule has 0 aliphatic carbocycles. The Balaban J connectivity index is 1.70. The van der Waals surface area contributed by atoms with E-state index in [1.165, 1.54) is 10.5 Å². The molecule has 3 aromatic rings. The zero-order valence-electron chi connectivity index (χ0n) is 21.0. The second-order valence-electron chi connectivity index (χ2n) is 9.67. The minimum Gasteiger partial charge on any atom is -0.377 e. The van der Waals surface area contributed by atoms with Crippen molar-refractivity contribution in [3.05, 3.63) is 77.1 Å². The van der Waals surface area contributed by atoms with Crippen LogP contribution in [0.4, 0.5) is 0 Å². The van der Waals surface area contributed by atoms with Crippen molar-refractivity contribution in [3.8, 4) is 0 Å². The zero-order chi connectivity index (χ0) is 26.6. The Hall–Kier alpha value is -2.24. The standard InChI is InChI=1S/C26H32ClN3O5S2/c1-20(2)16-30-23(15-28-26(30)36(31,32)19-21-8-6-9-22(27)14-21)17-29(18-24-10-7-13-35-24)37(33,34)25-11-4-3-5-12-25/h3-6,8-9,11-12,14-15,20,24H,7,10,13,16-19H2,1-2H3/t24-/m1/s1. The first-order chi connectivity index (χ1) is 17.6. The van der Waals surface area contributed by atoms with Crippen LogP contribution < -0.4 is 0 Å². The van der Waals surface area contributed by atoms with Gasteiger partial charge < -0.3 is 9.30 Å². The monoisotopic (exact) mass is 565 g/mol. The molecule has 2 aromatic carbocycles. The maximum absolute atomic E-state index is 13.6. The second kappa shape index (κ2) is 11.7. The highest BCUT2D eigenvalue weighted by Crippen LogP contribution is 2.25. The Morgan fingerprint density at radius 2 is 1.86 bits per heavy atom. The van der Waals surface area contributed by atoms with Crippen molar-refractivity contribution in [2.45, 2.75) is 61.7 Å². The Morgan fingerprint density at radius 1 is 1.11 bits per heavy atom. The fourth-order valence-corrected chi connectivity index (χ4v) is 7.59. The van der Waals surface area contributed by atoms with Crippen molar-refractivity contribution in [1.29, 1.82) is 0 Å². The Bertz CT molecular complexity index is 1420. The summed E-state index contributed by atoms with van der Waals surface area (Å²) in [7, 11) is -7.69. The van der Waals surface area contributed by atoms with E-state index in [1.807, 2.05) is 13.8 Å². The molecule has 0 saturated carbocycles. The summed E-state index contributed by atoms with van der Waals surface area (Å²) >= 11 is 6.06. The average molecular weight is 566 g/mol. The topological polar surface area (TPSA) is 98.6 Å². The lowest BCUT2D eigenvalue weighted by Gasteiger charge is -2.26. The average Bonchev–Trinajstić information content (AvgIpc) is 3.49. The molecule has 37 heavy (non-hydrogen) atoms. The van der Waals surface area contributed by atoms with Gasteiger partial charge in [-0.3, -0.25) is 0 Å². The van der Waals surface area contributed by atoms with Crippen molar-refractivity contribution in [1.82, 2.24) is 13.9 Å². The number of hydrogen-bond acceptors (Lipinski definition) is 6. The largest absolute Gasteiger partial charge is 0.377 e. The second-order valence-corrected chi connectivity index (χ2v) is 13.9. The summed E-state index contributed by atoms with van der Waals surface area (Å²) in [6.07, 6.45) is 2.90. The summed E-state index contributed by atoms with van der Waals surface area (Å²) < 4.78 is 62.9. The van der Waals surface area contributed by atoms with Gasteiger partial charge in [-0.15, -0.1) is 0 Å². The molecule has 0 radical (unpaired) electrons. The number of rotatable bonds is 11. The Morgan fingerprint density at radius 3 is 2.51 bits per heavy atom. The van der Waals surface area contributed by atoms with Crippen molar-refractivity contribution >= 4 is 31.5 Å². The third-order valence-corrected chi connectivity index (χ3v) is 9.78. The van der Waals surface area contributed by atoms with E-state index in [-0.39, 0.29) is 40.9 Å². The molecule has 0 bridgehead atoms. The molecule has 8 nitrogen and oxygen atoms in total. The van der Waals surface area contributed by atoms with Crippen LogP contribution >= 0.6 is 11.6 Å². The molecule has 0 spiro atoms. The lowest BCUT2D eigenvalue weighted by Crippen LogP contribution is -2.37. The van der Waals surface area contributed by atoms with E-state index in [0.29, 0.717) is 29.4 Å². The molecule has 0 unspecified atom stereocenters. The number of imidazole rings is 1. The highest BCUT2D eigenvalue weighted by molar-refractivity contribution is 7.90. The summed E-state index contributed by atoms with van der Waals surface area (Å²) in [5.41, 5.74) is 1.07. The van der Waals surface area contributed by atoms with E-state index in [4.69, 9.17) is 16.3 Å². The predicted molar refractivity (Wildman–Crippen MR) is 142 cm³/mol. The maximum Gasteiger partial charge on any atom is 0.243 e. The molecule has 1 aliphatic rings. The molecule has 0 amide bonds. The molecule has 1 fully saturated rings. The first kappa shape index (κ1) is 27.8. The van der Waals surface area contributed by atoms with Crippen LogP contribution in [0.1, 0.15) is 37.9 Å². The van der Waals surface area contributed by atoms with E-state index >= 15 is 0 Å². The van der Waals surface area contributed by atoms with Crippen LogP contribution in [0.3, 0.4) is 0 Å². The van der Waals surface area contributed by atoms with Gasteiger partial charge in [-0.2, -0.15) is 4.31 Å². The van der Waals surface area contributed by atoms with Gasteiger partial charge in [-0.25, -0.2) is 21.8 Å². The van der Waals surface area contributed by atoms with Crippen molar-refractivity contribution in [3.63, 3.8) is 0 Å². The highest BCUT2D eigenvalue weighted by atomic mass is 35.5. The van der Waals surface area contributed by atoms with Crippen LogP contribution in [0.25, 0.3) is 0 Å². The van der Waals surface area contributed by atoms with E-state index in [2.05, 4.69) is 4.98 Å². The van der Waals surface area contributed by atoms with Gasteiger partial charge in [0.15, 0.2) is 0 Å². The Labute approximate surface area is 224 Å². The Kier molecular flexibility index (Phi) is 8.75. The number of nitrogens with zero attached hydrogens (tertiary/aromatic N) is 3. The van der Waals surface area contributed by atoms with Gasteiger partial charge in [-0.1, -0.05) is 55.8 Å². The SMILES string of the molecule is CC(C)Cn1c(CN(C[C@H]2CCCO2)S(=O)(=O)c2ccccc2)cnc1S(=O)(=O)Cc1cccc(Cl)c1. The fraction of sp³-hybridized carbons (Fsp3) is 0.423.